The Labute approximate surface area is 95.2 Å². The average molecular weight is 212 g/mol. The molecule has 0 aliphatic heterocycles. The summed E-state index contributed by atoms with van der Waals surface area (Å²) in [4.78, 5) is 2.62. The van der Waals surface area contributed by atoms with Crippen LogP contribution in [0.5, 0.6) is 0 Å². The SMILES string of the molecule is CCC(CC)CN(CC)C1CCCC1N. The van der Waals surface area contributed by atoms with E-state index in [0.29, 0.717) is 12.1 Å². The third kappa shape index (κ3) is 3.46. The van der Waals surface area contributed by atoms with E-state index in [1.54, 1.807) is 0 Å². The van der Waals surface area contributed by atoms with Gasteiger partial charge in [-0.15, -0.1) is 0 Å². The molecule has 0 spiro atoms. The molecule has 1 rings (SSSR count). The Morgan fingerprint density at radius 1 is 1.20 bits per heavy atom. The van der Waals surface area contributed by atoms with Crippen molar-refractivity contribution in [3.8, 4) is 0 Å². The zero-order valence-corrected chi connectivity index (χ0v) is 10.7. The lowest BCUT2D eigenvalue weighted by molar-refractivity contribution is 0.161. The van der Waals surface area contributed by atoms with Crippen LogP contribution in [-0.2, 0) is 0 Å². The molecule has 0 bridgehead atoms. The van der Waals surface area contributed by atoms with Crippen molar-refractivity contribution < 1.29 is 0 Å². The van der Waals surface area contributed by atoms with Crippen LogP contribution in [0.2, 0.25) is 0 Å². The minimum Gasteiger partial charge on any atom is -0.326 e. The van der Waals surface area contributed by atoms with Gasteiger partial charge in [0.25, 0.3) is 0 Å². The molecule has 15 heavy (non-hydrogen) atoms. The fraction of sp³-hybridized carbons (Fsp3) is 1.00. The summed E-state index contributed by atoms with van der Waals surface area (Å²) in [6.45, 7) is 9.29. The Balaban J connectivity index is 2.47. The first-order valence-electron chi connectivity index (χ1n) is 6.72. The molecule has 2 nitrogen and oxygen atoms in total. The van der Waals surface area contributed by atoms with Crippen molar-refractivity contribution in [3.63, 3.8) is 0 Å². The second-order valence-corrected chi connectivity index (χ2v) is 4.93. The first kappa shape index (κ1) is 13.0. The van der Waals surface area contributed by atoms with Gasteiger partial charge in [-0.2, -0.15) is 0 Å². The van der Waals surface area contributed by atoms with Crippen molar-refractivity contribution in [3.05, 3.63) is 0 Å². The van der Waals surface area contributed by atoms with Crippen LogP contribution < -0.4 is 5.73 Å². The second kappa shape index (κ2) is 6.49. The molecule has 0 aromatic heterocycles. The fourth-order valence-corrected chi connectivity index (χ4v) is 2.80. The van der Waals surface area contributed by atoms with Gasteiger partial charge in [0, 0.05) is 18.6 Å². The van der Waals surface area contributed by atoms with E-state index in [4.69, 9.17) is 5.73 Å². The molecule has 2 N–H and O–H groups in total. The minimum atomic E-state index is 0.430. The van der Waals surface area contributed by atoms with Gasteiger partial charge in [0.15, 0.2) is 0 Å². The number of rotatable bonds is 6. The van der Waals surface area contributed by atoms with Crippen molar-refractivity contribution in [2.24, 2.45) is 11.7 Å². The Kier molecular flexibility index (Phi) is 5.62. The standard InChI is InChI=1S/C13H28N2/c1-4-11(5-2)10-15(6-3)13-9-7-8-12(13)14/h11-13H,4-10,14H2,1-3H3. The summed E-state index contributed by atoms with van der Waals surface area (Å²) in [5.74, 6) is 0.859. The van der Waals surface area contributed by atoms with Gasteiger partial charge in [0.2, 0.25) is 0 Å². The van der Waals surface area contributed by atoms with Crippen LogP contribution in [-0.4, -0.2) is 30.1 Å². The van der Waals surface area contributed by atoms with E-state index in [1.165, 1.54) is 38.6 Å². The summed E-state index contributed by atoms with van der Waals surface area (Å²) >= 11 is 0. The van der Waals surface area contributed by atoms with Crippen LogP contribution in [0.4, 0.5) is 0 Å². The smallest absolute Gasteiger partial charge is 0.0247 e. The quantitative estimate of drug-likeness (QED) is 0.733. The van der Waals surface area contributed by atoms with Gasteiger partial charge < -0.3 is 5.73 Å². The first-order chi connectivity index (χ1) is 7.22. The van der Waals surface area contributed by atoms with E-state index in [2.05, 4.69) is 25.7 Å². The highest BCUT2D eigenvalue weighted by Crippen LogP contribution is 2.24. The molecular formula is C13H28N2. The summed E-state index contributed by atoms with van der Waals surface area (Å²) in [5.41, 5.74) is 6.17. The molecule has 2 heteroatoms. The van der Waals surface area contributed by atoms with Crippen LogP contribution in [0.1, 0.15) is 52.9 Å². The van der Waals surface area contributed by atoms with Crippen molar-refractivity contribution >= 4 is 0 Å². The van der Waals surface area contributed by atoms with Crippen LogP contribution in [0.3, 0.4) is 0 Å². The zero-order valence-electron chi connectivity index (χ0n) is 10.7. The molecule has 0 saturated heterocycles. The lowest BCUT2D eigenvalue weighted by Gasteiger charge is -2.33. The monoisotopic (exact) mass is 212 g/mol. The third-order valence-electron chi connectivity index (χ3n) is 4.05. The highest BCUT2D eigenvalue weighted by molar-refractivity contribution is 4.88. The molecular weight excluding hydrogens is 184 g/mol. The molecule has 1 aliphatic carbocycles. The summed E-state index contributed by atoms with van der Waals surface area (Å²) in [6.07, 6.45) is 6.47. The van der Waals surface area contributed by atoms with Gasteiger partial charge in [-0.05, 0) is 25.3 Å². The summed E-state index contributed by atoms with van der Waals surface area (Å²) in [5, 5.41) is 0. The molecule has 90 valence electrons. The molecule has 1 saturated carbocycles. The van der Waals surface area contributed by atoms with E-state index in [1.807, 2.05) is 0 Å². The molecule has 1 fully saturated rings. The maximum Gasteiger partial charge on any atom is 0.0247 e. The lowest BCUT2D eigenvalue weighted by atomic mass is 10.0. The molecule has 0 aromatic carbocycles. The predicted octanol–water partition coefficient (Wildman–Crippen LogP) is 2.62. The van der Waals surface area contributed by atoms with Gasteiger partial charge in [-0.25, -0.2) is 0 Å². The van der Waals surface area contributed by atoms with Crippen LogP contribution in [0, 0.1) is 5.92 Å². The lowest BCUT2D eigenvalue weighted by Crippen LogP contribution is -2.46. The Bertz CT molecular complexity index is 166. The molecule has 0 aromatic rings. The molecule has 2 unspecified atom stereocenters. The second-order valence-electron chi connectivity index (χ2n) is 4.93. The fourth-order valence-electron chi connectivity index (χ4n) is 2.80. The van der Waals surface area contributed by atoms with E-state index in [0.717, 1.165) is 12.5 Å². The number of likely N-dealkylation sites (N-methyl/N-ethyl adjacent to an activating group) is 1. The Hall–Kier alpha value is -0.0800. The summed E-state index contributed by atoms with van der Waals surface area (Å²) < 4.78 is 0. The normalized spacial score (nSPS) is 26.8. The van der Waals surface area contributed by atoms with Crippen molar-refractivity contribution in [1.82, 2.24) is 4.90 Å². The van der Waals surface area contributed by atoms with E-state index in [9.17, 15) is 0 Å². The summed E-state index contributed by atoms with van der Waals surface area (Å²) in [6, 6.07) is 1.09. The number of nitrogens with two attached hydrogens (primary N) is 1. The van der Waals surface area contributed by atoms with Gasteiger partial charge in [-0.3, -0.25) is 4.90 Å². The molecule has 1 aliphatic rings. The van der Waals surface area contributed by atoms with Gasteiger partial charge in [0.1, 0.15) is 0 Å². The van der Waals surface area contributed by atoms with Crippen molar-refractivity contribution in [2.75, 3.05) is 13.1 Å². The topological polar surface area (TPSA) is 29.3 Å². The molecule has 2 atom stereocenters. The van der Waals surface area contributed by atoms with E-state index >= 15 is 0 Å². The van der Waals surface area contributed by atoms with Gasteiger partial charge in [0.05, 0.1) is 0 Å². The van der Waals surface area contributed by atoms with E-state index in [-0.39, 0.29) is 0 Å². The highest BCUT2D eigenvalue weighted by Gasteiger charge is 2.29. The summed E-state index contributed by atoms with van der Waals surface area (Å²) in [7, 11) is 0. The minimum absolute atomic E-state index is 0.430. The van der Waals surface area contributed by atoms with Crippen molar-refractivity contribution in [2.45, 2.75) is 65.0 Å². The molecule has 0 amide bonds. The van der Waals surface area contributed by atoms with Gasteiger partial charge in [-0.1, -0.05) is 40.0 Å². The highest BCUT2D eigenvalue weighted by atomic mass is 15.2. The first-order valence-corrected chi connectivity index (χ1v) is 6.72. The Morgan fingerprint density at radius 2 is 1.87 bits per heavy atom. The zero-order chi connectivity index (χ0) is 11.3. The van der Waals surface area contributed by atoms with Crippen LogP contribution in [0.15, 0.2) is 0 Å². The average Bonchev–Trinajstić information content (AvgIpc) is 2.67. The largest absolute Gasteiger partial charge is 0.326 e. The van der Waals surface area contributed by atoms with Crippen LogP contribution in [0.25, 0.3) is 0 Å². The number of hydrogen-bond acceptors (Lipinski definition) is 2. The third-order valence-corrected chi connectivity index (χ3v) is 4.05. The maximum atomic E-state index is 6.17. The van der Waals surface area contributed by atoms with Crippen LogP contribution >= 0.6 is 0 Å². The van der Waals surface area contributed by atoms with Crippen molar-refractivity contribution in [1.29, 1.82) is 0 Å². The van der Waals surface area contributed by atoms with E-state index < -0.39 is 0 Å². The predicted molar refractivity (Wildman–Crippen MR) is 66.9 cm³/mol. The molecule has 0 radical (unpaired) electrons. The number of nitrogens with zero attached hydrogens (tertiary/aromatic N) is 1. The number of hydrogen-bond donors (Lipinski definition) is 1. The molecule has 0 heterocycles. The Morgan fingerprint density at radius 3 is 2.27 bits per heavy atom. The van der Waals surface area contributed by atoms with Gasteiger partial charge >= 0.3 is 0 Å². The maximum absolute atomic E-state index is 6.17.